The molecule has 0 aliphatic heterocycles. The minimum atomic E-state index is -0.128. The maximum Gasteiger partial charge on any atom is 0.267 e. The quantitative estimate of drug-likeness (QED) is 0.754. The molecule has 0 aliphatic rings. The lowest BCUT2D eigenvalue weighted by Gasteiger charge is -1.98. The molecule has 20 heavy (non-hydrogen) atoms. The van der Waals surface area contributed by atoms with Gasteiger partial charge in [0.15, 0.2) is 5.13 Å². The van der Waals surface area contributed by atoms with Crippen LogP contribution >= 0.6 is 34.3 Å². The Labute approximate surface area is 128 Å². The summed E-state index contributed by atoms with van der Waals surface area (Å²) in [6.07, 6.45) is 0. The van der Waals surface area contributed by atoms with E-state index in [1.165, 1.54) is 22.7 Å². The van der Waals surface area contributed by atoms with Crippen molar-refractivity contribution in [2.24, 2.45) is 0 Å². The minimum absolute atomic E-state index is 0.128. The molecule has 0 aliphatic carbocycles. The van der Waals surface area contributed by atoms with Gasteiger partial charge in [-0.25, -0.2) is 4.98 Å². The fourth-order valence-corrected chi connectivity index (χ4v) is 3.11. The Morgan fingerprint density at radius 1 is 1.15 bits per heavy atom. The van der Waals surface area contributed by atoms with Crippen molar-refractivity contribution < 1.29 is 4.79 Å². The second-order valence-electron chi connectivity index (χ2n) is 3.98. The van der Waals surface area contributed by atoms with Gasteiger partial charge in [-0.2, -0.15) is 0 Å². The third-order valence-corrected chi connectivity index (χ3v) is 4.49. The number of thiophene rings is 1. The van der Waals surface area contributed by atoms with E-state index in [4.69, 9.17) is 11.6 Å². The first-order valence-corrected chi connectivity index (χ1v) is 7.92. The van der Waals surface area contributed by atoms with E-state index in [0.717, 1.165) is 11.3 Å². The van der Waals surface area contributed by atoms with Gasteiger partial charge >= 0.3 is 0 Å². The first-order chi connectivity index (χ1) is 9.72. The number of halogens is 1. The molecule has 0 bridgehead atoms. The maximum atomic E-state index is 11.9. The normalized spacial score (nSPS) is 10.4. The van der Waals surface area contributed by atoms with Gasteiger partial charge in [0, 0.05) is 16.0 Å². The van der Waals surface area contributed by atoms with Crippen molar-refractivity contribution in [3.63, 3.8) is 0 Å². The summed E-state index contributed by atoms with van der Waals surface area (Å²) in [6, 6.07) is 11.1. The van der Waals surface area contributed by atoms with Crippen LogP contribution in [0.3, 0.4) is 0 Å². The van der Waals surface area contributed by atoms with Gasteiger partial charge in [-0.3, -0.25) is 10.1 Å². The highest BCUT2D eigenvalue weighted by Crippen LogP contribution is 2.26. The molecule has 0 fully saturated rings. The number of nitrogens with one attached hydrogen (secondary N) is 1. The molecule has 2 heterocycles. The Morgan fingerprint density at radius 2 is 1.95 bits per heavy atom. The van der Waals surface area contributed by atoms with E-state index in [9.17, 15) is 4.79 Å². The Morgan fingerprint density at radius 3 is 2.65 bits per heavy atom. The predicted octanol–water partition coefficient (Wildman–Crippen LogP) is 4.78. The van der Waals surface area contributed by atoms with Gasteiger partial charge in [0.1, 0.15) is 0 Å². The van der Waals surface area contributed by atoms with Gasteiger partial charge in [-0.15, -0.1) is 22.7 Å². The van der Waals surface area contributed by atoms with Gasteiger partial charge in [-0.1, -0.05) is 29.8 Å². The Hall–Kier alpha value is -1.69. The summed E-state index contributed by atoms with van der Waals surface area (Å²) < 4.78 is 0. The molecule has 6 heteroatoms. The summed E-state index contributed by atoms with van der Waals surface area (Å²) in [5.41, 5.74) is 1.80. The number of carbonyl (C=O) groups is 1. The standard InChI is InChI=1S/C14H9ClN2OS2/c15-10-5-3-9(4-6-10)11-8-20-14(16-11)17-13(18)12-2-1-7-19-12/h1-8H,(H,16,17,18). The molecule has 0 radical (unpaired) electrons. The number of amides is 1. The molecule has 2 aromatic heterocycles. The van der Waals surface area contributed by atoms with Gasteiger partial charge in [-0.05, 0) is 23.6 Å². The van der Waals surface area contributed by atoms with Crippen LogP contribution in [0.2, 0.25) is 5.02 Å². The highest BCUT2D eigenvalue weighted by atomic mass is 35.5. The Balaban J connectivity index is 1.77. The van der Waals surface area contributed by atoms with Crippen molar-refractivity contribution >= 4 is 45.3 Å². The molecule has 0 spiro atoms. The SMILES string of the molecule is O=C(Nc1nc(-c2ccc(Cl)cc2)cs1)c1cccs1. The number of hydrogen-bond acceptors (Lipinski definition) is 4. The maximum absolute atomic E-state index is 11.9. The lowest BCUT2D eigenvalue weighted by Crippen LogP contribution is -2.09. The first kappa shape index (κ1) is 13.3. The number of benzene rings is 1. The van der Waals surface area contributed by atoms with E-state index >= 15 is 0 Å². The average Bonchev–Trinajstić information content (AvgIpc) is 3.10. The molecule has 100 valence electrons. The zero-order valence-corrected chi connectivity index (χ0v) is 12.6. The number of nitrogens with zero attached hydrogens (tertiary/aromatic N) is 1. The fourth-order valence-electron chi connectivity index (χ4n) is 1.65. The predicted molar refractivity (Wildman–Crippen MR) is 84.8 cm³/mol. The summed E-state index contributed by atoms with van der Waals surface area (Å²) in [5, 5.41) is 7.86. The average molecular weight is 321 g/mol. The van der Waals surface area contributed by atoms with E-state index in [2.05, 4.69) is 10.3 Å². The van der Waals surface area contributed by atoms with Gasteiger partial charge in [0.05, 0.1) is 10.6 Å². The van der Waals surface area contributed by atoms with Crippen molar-refractivity contribution in [3.8, 4) is 11.3 Å². The molecule has 1 N–H and O–H groups in total. The van der Waals surface area contributed by atoms with E-state index < -0.39 is 0 Å². The molecule has 0 unspecified atom stereocenters. The Bertz CT molecular complexity index is 720. The van der Waals surface area contributed by atoms with Crippen LogP contribution in [0.25, 0.3) is 11.3 Å². The first-order valence-electron chi connectivity index (χ1n) is 5.79. The number of anilines is 1. The fraction of sp³-hybridized carbons (Fsp3) is 0. The molecule has 0 atom stereocenters. The summed E-state index contributed by atoms with van der Waals surface area (Å²) in [6.45, 7) is 0. The number of hydrogen-bond donors (Lipinski definition) is 1. The molecule has 1 amide bonds. The second-order valence-corrected chi connectivity index (χ2v) is 6.22. The summed E-state index contributed by atoms with van der Waals surface area (Å²) in [5.74, 6) is -0.128. The van der Waals surface area contributed by atoms with Crippen LogP contribution < -0.4 is 5.32 Å². The number of aromatic nitrogens is 1. The molecule has 3 rings (SSSR count). The second kappa shape index (κ2) is 5.75. The molecule has 0 saturated heterocycles. The molecule has 3 aromatic rings. The highest BCUT2D eigenvalue weighted by Gasteiger charge is 2.10. The molecule has 0 saturated carbocycles. The zero-order valence-electron chi connectivity index (χ0n) is 10.2. The van der Waals surface area contributed by atoms with Crippen molar-refractivity contribution in [1.29, 1.82) is 0 Å². The lowest BCUT2D eigenvalue weighted by atomic mass is 10.2. The monoisotopic (exact) mass is 320 g/mol. The van der Waals surface area contributed by atoms with Gasteiger partial charge < -0.3 is 0 Å². The molecular formula is C14H9ClN2OS2. The Kier molecular flexibility index (Phi) is 3.82. The summed E-state index contributed by atoms with van der Waals surface area (Å²) in [4.78, 5) is 17.0. The van der Waals surface area contributed by atoms with Crippen molar-refractivity contribution in [2.75, 3.05) is 5.32 Å². The van der Waals surface area contributed by atoms with Gasteiger partial charge in [0.25, 0.3) is 5.91 Å². The van der Waals surface area contributed by atoms with Crippen LogP contribution in [-0.4, -0.2) is 10.9 Å². The van der Waals surface area contributed by atoms with E-state index in [-0.39, 0.29) is 5.91 Å². The van der Waals surface area contributed by atoms with Crippen molar-refractivity contribution in [2.45, 2.75) is 0 Å². The van der Waals surface area contributed by atoms with Crippen molar-refractivity contribution in [3.05, 3.63) is 57.1 Å². The minimum Gasteiger partial charge on any atom is -0.297 e. The van der Waals surface area contributed by atoms with Crippen LogP contribution in [0, 0.1) is 0 Å². The van der Waals surface area contributed by atoms with Crippen LogP contribution in [0.15, 0.2) is 47.2 Å². The molecule has 3 nitrogen and oxygen atoms in total. The topological polar surface area (TPSA) is 42.0 Å². The third kappa shape index (κ3) is 2.90. The summed E-state index contributed by atoms with van der Waals surface area (Å²) in [7, 11) is 0. The number of rotatable bonds is 3. The molecule has 1 aromatic carbocycles. The van der Waals surface area contributed by atoms with Crippen molar-refractivity contribution in [1.82, 2.24) is 4.98 Å². The largest absolute Gasteiger partial charge is 0.297 e. The lowest BCUT2D eigenvalue weighted by molar-refractivity contribution is 0.103. The van der Waals surface area contributed by atoms with E-state index in [1.54, 1.807) is 6.07 Å². The van der Waals surface area contributed by atoms with Gasteiger partial charge in [0.2, 0.25) is 0 Å². The van der Waals surface area contributed by atoms with E-state index in [1.807, 2.05) is 41.1 Å². The van der Waals surface area contributed by atoms with Crippen LogP contribution in [0.5, 0.6) is 0 Å². The van der Waals surface area contributed by atoms with Crippen LogP contribution in [-0.2, 0) is 0 Å². The third-order valence-electron chi connectivity index (χ3n) is 2.61. The highest BCUT2D eigenvalue weighted by molar-refractivity contribution is 7.14. The van der Waals surface area contributed by atoms with Crippen LogP contribution in [0.1, 0.15) is 9.67 Å². The van der Waals surface area contributed by atoms with E-state index in [0.29, 0.717) is 15.0 Å². The van der Waals surface area contributed by atoms with Crippen LogP contribution in [0.4, 0.5) is 5.13 Å². The number of thiazole rings is 1. The number of carbonyl (C=O) groups excluding carboxylic acids is 1. The smallest absolute Gasteiger partial charge is 0.267 e. The molecular weight excluding hydrogens is 312 g/mol. The summed E-state index contributed by atoms with van der Waals surface area (Å²) >= 11 is 8.66. The zero-order chi connectivity index (χ0) is 13.9.